The number of morpholine rings is 2. The highest BCUT2D eigenvalue weighted by molar-refractivity contribution is 7.89. The number of sulfonamides is 2. The van der Waals surface area contributed by atoms with Crippen LogP contribution in [0.5, 0.6) is 0 Å². The van der Waals surface area contributed by atoms with Crippen LogP contribution in [0.4, 0.5) is 0 Å². The van der Waals surface area contributed by atoms with Gasteiger partial charge in [0.1, 0.15) is 0 Å². The lowest BCUT2D eigenvalue weighted by Gasteiger charge is -2.26. The van der Waals surface area contributed by atoms with Crippen molar-refractivity contribution in [2.45, 2.75) is 87.8 Å². The van der Waals surface area contributed by atoms with Gasteiger partial charge >= 0.3 is 0 Å². The maximum Gasteiger partial charge on any atom is 0.257 e. The summed E-state index contributed by atoms with van der Waals surface area (Å²) >= 11 is 0. The molecule has 16 heteroatoms. The number of hydrogen-bond acceptors (Lipinski definition) is 12. The molecule has 3 fully saturated rings. The number of nitrogens with zero attached hydrogens (tertiary/aromatic N) is 6. The van der Waals surface area contributed by atoms with E-state index in [1.165, 1.54) is 27.9 Å². The number of hydrogen-bond donors (Lipinski definition) is 0. The predicted octanol–water partition coefficient (Wildman–Crippen LogP) is 5.48. The minimum atomic E-state index is -3.58. The van der Waals surface area contributed by atoms with E-state index in [-0.39, 0.29) is 10.3 Å². The van der Waals surface area contributed by atoms with Crippen LogP contribution in [0.3, 0.4) is 0 Å². The van der Waals surface area contributed by atoms with Gasteiger partial charge in [0.15, 0.2) is 11.6 Å². The number of rotatable bonds is 7. The molecule has 0 unspecified atom stereocenters. The van der Waals surface area contributed by atoms with Crippen LogP contribution in [0.15, 0.2) is 55.2 Å². The van der Waals surface area contributed by atoms with E-state index >= 15 is 0 Å². The Morgan fingerprint density at radius 3 is 1.58 bits per heavy atom. The molecule has 282 valence electrons. The van der Waals surface area contributed by atoms with Crippen molar-refractivity contribution in [1.29, 1.82) is 0 Å². The molecule has 14 nitrogen and oxygen atoms in total. The highest BCUT2D eigenvalue weighted by Gasteiger charge is 2.31. The Balaban J connectivity index is 0.000000179. The second-order valence-electron chi connectivity index (χ2n) is 14.5. The Labute approximate surface area is 306 Å². The highest BCUT2D eigenvalue weighted by atomic mass is 32.2. The van der Waals surface area contributed by atoms with E-state index in [4.69, 9.17) is 18.5 Å². The van der Waals surface area contributed by atoms with E-state index in [9.17, 15) is 16.8 Å². The summed E-state index contributed by atoms with van der Waals surface area (Å²) in [4.78, 5) is 9.53. The largest absolute Gasteiger partial charge is 0.379 e. The van der Waals surface area contributed by atoms with Crippen molar-refractivity contribution in [2.24, 2.45) is 0 Å². The van der Waals surface area contributed by atoms with E-state index < -0.39 is 20.0 Å². The number of ether oxygens (including phenoxy) is 2. The maximum absolute atomic E-state index is 13.0. The molecular weight excluding hydrogens is 709 g/mol. The van der Waals surface area contributed by atoms with Crippen molar-refractivity contribution >= 4 is 20.0 Å². The summed E-state index contributed by atoms with van der Waals surface area (Å²) in [6, 6.07) is 10.5. The Kier molecular flexibility index (Phi) is 11.6. The molecule has 1 aliphatic carbocycles. The molecule has 3 aliphatic rings. The molecule has 0 bridgehead atoms. The molecule has 1 saturated carbocycles. The Morgan fingerprint density at radius 1 is 0.654 bits per heavy atom. The van der Waals surface area contributed by atoms with E-state index in [0.29, 0.717) is 103 Å². The zero-order valence-electron chi connectivity index (χ0n) is 30.5. The molecule has 2 saturated heterocycles. The molecule has 2 aromatic heterocycles. The first-order chi connectivity index (χ1) is 24.7. The molecule has 0 amide bonds. The van der Waals surface area contributed by atoms with Gasteiger partial charge in [-0.05, 0) is 62.1 Å². The normalized spacial score (nSPS) is 18.6. The van der Waals surface area contributed by atoms with E-state index in [1.807, 2.05) is 26.8 Å². The zero-order chi connectivity index (χ0) is 37.1. The second kappa shape index (κ2) is 15.8. The first kappa shape index (κ1) is 38.2. The zero-order valence-corrected chi connectivity index (χ0v) is 32.1. The van der Waals surface area contributed by atoms with Gasteiger partial charge in [0, 0.05) is 48.6 Å². The molecule has 4 heterocycles. The van der Waals surface area contributed by atoms with Crippen LogP contribution in [0.25, 0.3) is 22.9 Å². The smallest absolute Gasteiger partial charge is 0.257 e. The van der Waals surface area contributed by atoms with Gasteiger partial charge in [0.25, 0.3) is 11.8 Å². The van der Waals surface area contributed by atoms with E-state index in [2.05, 4.69) is 20.3 Å². The minimum absolute atomic E-state index is 0.241. The van der Waals surface area contributed by atoms with Crippen LogP contribution in [0.1, 0.15) is 81.6 Å². The molecule has 0 radical (unpaired) electrons. The highest BCUT2D eigenvalue weighted by Crippen LogP contribution is 2.33. The van der Waals surface area contributed by atoms with E-state index in [0.717, 1.165) is 18.7 Å². The van der Waals surface area contributed by atoms with Crippen LogP contribution in [0, 0.1) is 13.8 Å². The maximum atomic E-state index is 13.0. The summed E-state index contributed by atoms with van der Waals surface area (Å²) in [5.41, 5.74) is 2.39. The summed E-state index contributed by atoms with van der Waals surface area (Å²) in [7, 11) is -7.15. The molecule has 2 aromatic carbocycles. The van der Waals surface area contributed by atoms with Crippen LogP contribution in [-0.4, -0.2) is 98.3 Å². The molecule has 52 heavy (non-hydrogen) atoms. The summed E-state index contributed by atoms with van der Waals surface area (Å²) < 4.78 is 76.3. The summed E-state index contributed by atoms with van der Waals surface area (Å²) in [5, 5.41) is 8.16. The van der Waals surface area contributed by atoms with Crippen LogP contribution in [0.2, 0.25) is 0 Å². The fourth-order valence-corrected chi connectivity index (χ4v) is 9.72. The van der Waals surface area contributed by atoms with Crippen molar-refractivity contribution in [3.8, 4) is 22.9 Å². The average molecular weight is 757 g/mol. The fraction of sp³-hybridized carbons (Fsp3) is 0.556. The SMILES string of the molecule is Cc1ccc(-c2nc(C(C)(C)C)no2)cc1S(=O)(=O)N1CCOCC1.Cc1ccc(-c2nc(C3CCCCC3)no2)cc1S(=O)(=O)N1CCOCC1. The third kappa shape index (κ3) is 8.47. The van der Waals surface area contributed by atoms with Crippen molar-refractivity contribution in [1.82, 2.24) is 28.9 Å². The quantitative estimate of drug-likeness (QED) is 0.233. The van der Waals surface area contributed by atoms with Gasteiger partial charge in [-0.2, -0.15) is 18.6 Å². The van der Waals surface area contributed by atoms with Gasteiger partial charge in [0.05, 0.1) is 36.2 Å². The van der Waals surface area contributed by atoms with E-state index in [1.54, 1.807) is 44.2 Å². The van der Waals surface area contributed by atoms with Crippen LogP contribution >= 0.6 is 0 Å². The number of benzene rings is 2. The Hall–Kier alpha value is -3.54. The third-order valence-corrected chi connectivity index (χ3v) is 13.6. The summed E-state index contributed by atoms with van der Waals surface area (Å²) in [6.07, 6.45) is 5.83. The second-order valence-corrected chi connectivity index (χ2v) is 18.3. The summed E-state index contributed by atoms with van der Waals surface area (Å²) in [6.45, 7) is 12.7. The van der Waals surface area contributed by atoms with Crippen molar-refractivity contribution < 1.29 is 35.4 Å². The summed E-state index contributed by atoms with van der Waals surface area (Å²) in [5.74, 6) is 2.37. The third-order valence-electron chi connectivity index (χ3n) is 9.55. The molecular formula is C36H48N6O8S2. The van der Waals surface area contributed by atoms with Gasteiger partial charge in [-0.1, -0.05) is 62.5 Å². The van der Waals surface area contributed by atoms with Gasteiger partial charge in [-0.25, -0.2) is 16.8 Å². The first-order valence-electron chi connectivity index (χ1n) is 17.8. The molecule has 7 rings (SSSR count). The van der Waals surface area contributed by atoms with Gasteiger partial charge in [-0.3, -0.25) is 0 Å². The Bertz CT molecular complexity index is 2060. The van der Waals surface area contributed by atoms with Crippen LogP contribution in [-0.2, 0) is 34.9 Å². The Morgan fingerprint density at radius 2 is 1.12 bits per heavy atom. The standard InChI is InChI=1S/C19H25N3O4S.C17H23N3O4S/c1-14-7-8-16(13-17(14)27(23,24)22-9-11-25-12-10-22)19-20-18(21-26-19)15-5-3-2-4-6-15;1-12-5-6-13(15-18-16(19-24-15)17(2,3)4)11-14(12)25(21,22)20-7-9-23-10-8-20/h7-8,13,15H,2-6,9-12H2,1H3;5-6,11H,7-10H2,1-4H3. The van der Waals surface area contributed by atoms with Gasteiger partial charge in [-0.15, -0.1) is 0 Å². The van der Waals surface area contributed by atoms with Gasteiger partial charge in [0.2, 0.25) is 20.0 Å². The molecule has 0 spiro atoms. The lowest BCUT2D eigenvalue weighted by Crippen LogP contribution is -2.40. The van der Waals surface area contributed by atoms with Crippen molar-refractivity contribution in [3.05, 3.63) is 59.2 Å². The monoisotopic (exact) mass is 756 g/mol. The van der Waals surface area contributed by atoms with Crippen molar-refractivity contribution in [3.63, 3.8) is 0 Å². The molecule has 0 atom stereocenters. The molecule has 4 aromatic rings. The number of aromatic nitrogens is 4. The molecule has 0 N–H and O–H groups in total. The first-order valence-corrected chi connectivity index (χ1v) is 20.7. The fourth-order valence-electron chi connectivity index (χ4n) is 6.40. The predicted molar refractivity (Wildman–Crippen MR) is 193 cm³/mol. The van der Waals surface area contributed by atoms with Crippen LogP contribution < -0.4 is 0 Å². The number of aryl methyl sites for hydroxylation is 2. The van der Waals surface area contributed by atoms with Gasteiger partial charge < -0.3 is 18.5 Å². The molecule has 2 aliphatic heterocycles. The topological polar surface area (TPSA) is 171 Å². The average Bonchev–Trinajstić information content (AvgIpc) is 3.85. The van der Waals surface area contributed by atoms with Crippen molar-refractivity contribution in [2.75, 3.05) is 52.6 Å². The lowest BCUT2D eigenvalue weighted by molar-refractivity contribution is 0.0730. The lowest BCUT2D eigenvalue weighted by atomic mass is 9.89. The minimum Gasteiger partial charge on any atom is -0.379 e.